The number of H-pyrrole nitrogens is 1. The molecule has 0 bridgehead atoms. The minimum absolute atomic E-state index is 0.730. The zero-order valence-corrected chi connectivity index (χ0v) is 11.1. The molecule has 1 fully saturated rings. The summed E-state index contributed by atoms with van der Waals surface area (Å²) < 4.78 is 5.15. The van der Waals surface area contributed by atoms with Crippen molar-refractivity contribution >= 4 is 0 Å². The minimum Gasteiger partial charge on any atom is -0.497 e. The Morgan fingerprint density at radius 1 is 1.32 bits per heavy atom. The van der Waals surface area contributed by atoms with Gasteiger partial charge in [-0.15, -0.1) is 0 Å². The summed E-state index contributed by atoms with van der Waals surface area (Å²) in [7, 11) is 1.68. The van der Waals surface area contributed by atoms with Gasteiger partial charge in [-0.2, -0.15) is 0 Å². The molecule has 1 aliphatic rings. The van der Waals surface area contributed by atoms with Gasteiger partial charge in [-0.3, -0.25) is 0 Å². The van der Waals surface area contributed by atoms with Crippen molar-refractivity contribution < 1.29 is 4.74 Å². The summed E-state index contributed by atoms with van der Waals surface area (Å²) in [5.74, 6) is 1.90. The quantitative estimate of drug-likeness (QED) is 0.834. The Morgan fingerprint density at radius 3 is 2.79 bits per heavy atom. The monoisotopic (exact) mass is 257 g/mol. The molecule has 4 nitrogen and oxygen atoms in total. The van der Waals surface area contributed by atoms with Crippen LogP contribution in [0, 0.1) is 0 Å². The van der Waals surface area contributed by atoms with E-state index >= 15 is 0 Å². The summed E-state index contributed by atoms with van der Waals surface area (Å²) in [5, 5.41) is 3.48. The number of imidazole rings is 1. The lowest BCUT2D eigenvalue weighted by Gasteiger charge is -2.02. The van der Waals surface area contributed by atoms with Crippen LogP contribution in [0.3, 0.4) is 0 Å². The van der Waals surface area contributed by atoms with Gasteiger partial charge in [-0.25, -0.2) is 4.98 Å². The van der Waals surface area contributed by atoms with Gasteiger partial charge in [0.05, 0.1) is 7.11 Å². The van der Waals surface area contributed by atoms with Crippen molar-refractivity contribution in [2.75, 3.05) is 7.11 Å². The molecule has 4 heteroatoms. The first-order chi connectivity index (χ1) is 9.33. The average Bonchev–Trinajstić information content (AvgIpc) is 3.17. The molecular weight excluding hydrogens is 238 g/mol. The summed E-state index contributed by atoms with van der Waals surface area (Å²) in [6, 6.07) is 8.84. The number of aromatic amines is 1. The van der Waals surface area contributed by atoms with E-state index in [1.807, 2.05) is 18.3 Å². The summed E-state index contributed by atoms with van der Waals surface area (Å²) in [4.78, 5) is 7.79. The Hall–Kier alpha value is -1.81. The second-order valence-corrected chi connectivity index (χ2v) is 5.04. The third kappa shape index (κ3) is 3.35. The van der Waals surface area contributed by atoms with E-state index in [9.17, 15) is 0 Å². The maximum atomic E-state index is 5.15. The number of benzene rings is 1. The lowest BCUT2D eigenvalue weighted by molar-refractivity contribution is 0.414. The number of nitrogens with one attached hydrogen (secondary N) is 2. The Morgan fingerprint density at radius 2 is 2.11 bits per heavy atom. The molecule has 0 saturated heterocycles. The molecule has 1 aromatic carbocycles. The van der Waals surface area contributed by atoms with E-state index in [4.69, 9.17) is 4.74 Å². The lowest BCUT2D eigenvalue weighted by atomic mass is 10.1. The molecule has 3 rings (SSSR count). The second kappa shape index (κ2) is 5.45. The Kier molecular flexibility index (Phi) is 3.51. The Balaban J connectivity index is 1.58. The molecule has 2 N–H and O–H groups in total. The van der Waals surface area contributed by atoms with Crippen molar-refractivity contribution in [3.63, 3.8) is 0 Å². The maximum absolute atomic E-state index is 5.15. The predicted molar refractivity (Wildman–Crippen MR) is 74.2 cm³/mol. The normalized spacial score (nSPS) is 14.6. The highest BCUT2D eigenvalue weighted by Crippen LogP contribution is 2.19. The number of rotatable bonds is 6. The SMILES string of the molecule is COc1ccc(Cc2ncc(CNC3CC3)[nH]2)cc1. The molecule has 1 saturated carbocycles. The van der Waals surface area contributed by atoms with Crippen LogP contribution in [0.15, 0.2) is 30.5 Å². The fourth-order valence-corrected chi connectivity index (χ4v) is 2.06. The molecule has 0 unspecified atom stereocenters. The van der Waals surface area contributed by atoms with E-state index < -0.39 is 0 Å². The highest BCUT2D eigenvalue weighted by molar-refractivity contribution is 5.29. The van der Waals surface area contributed by atoms with Crippen molar-refractivity contribution in [3.8, 4) is 5.75 Å². The van der Waals surface area contributed by atoms with E-state index in [0.717, 1.165) is 36.3 Å². The highest BCUT2D eigenvalue weighted by atomic mass is 16.5. The zero-order chi connectivity index (χ0) is 13.1. The molecule has 1 aromatic heterocycles. The van der Waals surface area contributed by atoms with Gasteiger partial charge in [0.15, 0.2) is 0 Å². The largest absolute Gasteiger partial charge is 0.497 e. The number of hydrogen-bond acceptors (Lipinski definition) is 3. The van der Waals surface area contributed by atoms with Crippen molar-refractivity contribution in [2.24, 2.45) is 0 Å². The van der Waals surface area contributed by atoms with Crippen LogP contribution in [0.1, 0.15) is 29.9 Å². The van der Waals surface area contributed by atoms with Gasteiger partial charge < -0.3 is 15.0 Å². The van der Waals surface area contributed by atoms with Gasteiger partial charge in [-0.05, 0) is 30.5 Å². The van der Waals surface area contributed by atoms with Crippen LogP contribution in [-0.4, -0.2) is 23.1 Å². The van der Waals surface area contributed by atoms with Gasteiger partial charge in [0.2, 0.25) is 0 Å². The topological polar surface area (TPSA) is 49.9 Å². The Bertz CT molecular complexity index is 529. The van der Waals surface area contributed by atoms with Crippen LogP contribution in [0.4, 0.5) is 0 Å². The number of aromatic nitrogens is 2. The number of hydrogen-bond donors (Lipinski definition) is 2. The van der Waals surface area contributed by atoms with E-state index in [0.29, 0.717) is 0 Å². The van der Waals surface area contributed by atoms with E-state index in [1.165, 1.54) is 18.4 Å². The van der Waals surface area contributed by atoms with Crippen molar-refractivity contribution in [2.45, 2.75) is 31.8 Å². The zero-order valence-electron chi connectivity index (χ0n) is 11.1. The number of methoxy groups -OCH3 is 1. The maximum Gasteiger partial charge on any atom is 0.118 e. The molecule has 0 radical (unpaired) electrons. The molecule has 1 heterocycles. The molecule has 2 aromatic rings. The predicted octanol–water partition coefficient (Wildman–Crippen LogP) is 2.26. The highest BCUT2D eigenvalue weighted by Gasteiger charge is 2.20. The first kappa shape index (κ1) is 12.2. The number of ether oxygens (including phenoxy) is 1. The van der Waals surface area contributed by atoms with Crippen LogP contribution >= 0.6 is 0 Å². The molecule has 0 amide bonds. The van der Waals surface area contributed by atoms with E-state index in [-0.39, 0.29) is 0 Å². The van der Waals surface area contributed by atoms with Crippen LogP contribution in [0.5, 0.6) is 5.75 Å². The van der Waals surface area contributed by atoms with Gasteiger partial charge in [-0.1, -0.05) is 12.1 Å². The molecular formula is C15H19N3O. The molecule has 0 aliphatic heterocycles. The van der Waals surface area contributed by atoms with Crippen LogP contribution in [-0.2, 0) is 13.0 Å². The smallest absolute Gasteiger partial charge is 0.118 e. The summed E-state index contributed by atoms with van der Waals surface area (Å²) >= 11 is 0. The van der Waals surface area contributed by atoms with Crippen molar-refractivity contribution in [1.82, 2.24) is 15.3 Å². The number of nitrogens with zero attached hydrogens (tertiary/aromatic N) is 1. The Labute approximate surface area is 113 Å². The van der Waals surface area contributed by atoms with E-state index in [2.05, 4.69) is 27.4 Å². The summed E-state index contributed by atoms with van der Waals surface area (Å²) in [6.07, 6.45) is 5.38. The third-order valence-corrected chi connectivity index (χ3v) is 3.37. The van der Waals surface area contributed by atoms with Crippen LogP contribution in [0.25, 0.3) is 0 Å². The van der Waals surface area contributed by atoms with Gasteiger partial charge in [0.25, 0.3) is 0 Å². The summed E-state index contributed by atoms with van der Waals surface area (Å²) in [6.45, 7) is 0.889. The third-order valence-electron chi connectivity index (χ3n) is 3.37. The fraction of sp³-hybridized carbons (Fsp3) is 0.400. The van der Waals surface area contributed by atoms with Crippen LogP contribution in [0.2, 0.25) is 0 Å². The first-order valence-corrected chi connectivity index (χ1v) is 6.72. The van der Waals surface area contributed by atoms with E-state index in [1.54, 1.807) is 7.11 Å². The molecule has 100 valence electrons. The fourth-order valence-electron chi connectivity index (χ4n) is 2.06. The lowest BCUT2D eigenvalue weighted by Crippen LogP contribution is -2.15. The van der Waals surface area contributed by atoms with Gasteiger partial charge in [0.1, 0.15) is 11.6 Å². The van der Waals surface area contributed by atoms with Crippen molar-refractivity contribution in [1.29, 1.82) is 0 Å². The molecule has 19 heavy (non-hydrogen) atoms. The van der Waals surface area contributed by atoms with Gasteiger partial charge in [0, 0.05) is 30.9 Å². The van der Waals surface area contributed by atoms with Crippen LogP contribution < -0.4 is 10.1 Å². The second-order valence-electron chi connectivity index (χ2n) is 5.04. The molecule has 0 spiro atoms. The first-order valence-electron chi connectivity index (χ1n) is 6.72. The van der Waals surface area contributed by atoms with Gasteiger partial charge >= 0.3 is 0 Å². The molecule has 0 atom stereocenters. The summed E-state index contributed by atoms with van der Waals surface area (Å²) in [5.41, 5.74) is 2.40. The minimum atomic E-state index is 0.730. The average molecular weight is 257 g/mol. The molecule has 1 aliphatic carbocycles. The van der Waals surface area contributed by atoms with Crippen molar-refractivity contribution in [3.05, 3.63) is 47.5 Å². The standard InChI is InChI=1S/C15H19N3O/c1-19-14-6-2-11(3-7-14)8-15-17-10-13(18-15)9-16-12-4-5-12/h2-3,6-7,10,12,16H,4-5,8-9H2,1H3,(H,17,18).